The zero-order chi connectivity index (χ0) is 19.4. The average molecular weight is 376 g/mol. The maximum Gasteiger partial charge on any atom is 0.331 e. The lowest BCUT2D eigenvalue weighted by atomic mass is 10.2. The molecule has 3 N–H and O–H groups in total. The summed E-state index contributed by atoms with van der Waals surface area (Å²) in [5, 5.41) is 8.75. The van der Waals surface area contributed by atoms with Gasteiger partial charge in [-0.2, -0.15) is 5.10 Å². The lowest BCUT2D eigenvalue weighted by Gasteiger charge is -2.12. The summed E-state index contributed by atoms with van der Waals surface area (Å²) in [6, 6.07) is 1.51. The summed E-state index contributed by atoms with van der Waals surface area (Å²) in [7, 11) is 1.81. The van der Waals surface area contributed by atoms with Gasteiger partial charge in [0.05, 0.1) is 11.3 Å². The van der Waals surface area contributed by atoms with E-state index in [4.69, 9.17) is 10.5 Å². The monoisotopic (exact) mass is 376 g/mol. The summed E-state index contributed by atoms with van der Waals surface area (Å²) in [5.74, 6) is -1.85. The molecule has 9 heteroatoms. The van der Waals surface area contributed by atoms with Crippen LogP contribution in [0.15, 0.2) is 17.5 Å². The van der Waals surface area contributed by atoms with Crippen LogP contribution in [0.25, 0.3) is 6.08 Å². The molecule has 0 aliphatic heterocycles. The summed E-state index contributed by atoms with van der Waals surface area (Å²) in [5.41, 5.74) is 7.96. The van der Waals surface area contributed by atoms with Crippen molar-refractivity contribution in [2.75, 3.05) is 5.32 Å². The molecule has 0 fully saturated rings. The van der Waals surface area contributed by atoms with Crippen LogP contribution in [0.3, 0.4) is 0 Å². The van der Waals surface area contributed by atoms with E-state index in [1.807, 2.05) is 20.9 Å². The third-order valence-electron chi connectivity index (χ3n) is 3.78. The third kappa shape index (κ3) is 4.37. The number of nitrogens with two attached hydrogens (primary N) is 1. The normalized spacial score (nSPS) is 12.2. The minimum absolute atomic E-state index is 0.212. The molecule has 26 heavy (non-hydrogen) atoms. The van der Waals surface area contributed by atoms with Crippen molar-refractivity contribution >= 4 is 40.2 Å². The summed E-state index contributed by atoms with van der Waals surface area (Å²) in [6.07, 6.45) is 1.82. The number of hydrogen-bond acceptors (Lipinski definition) is 6. The molecule has 1 atom stereocenters. The first kappa shape index (κ1) is 19.4. The number of carbonyl (C=O) groups is 3. The van der Waals surface area contributed by atoms with E-state index in [-0.39, 0.29) is 5.56 Å². The highest BCUT2D eigenvalue weighted by Gasteiger charge is 2.20. The van der Waals surface area contributed by atoms with Gasteiger partial charge in [0, 0.05) is 24.4 Å². The van der Waals surface area contributed by atoms with Crippen LogP contribution in [0.4, 0.5) is 5.00 Å². The van der Waals surface area contributed by atoms with E-state index in [1.165, 1.54) is 19.1 Å². The van der Waals surface area contributed by atoms with Gasteiger partial charge in [-0.1, -0.05) is 0 Å². The van der Waals surface area contributed by atoms with Crippen molar-refractivity contribution in [2.24, 2.45) is 12.8 Å². The maximum atomic E-state index is 12.1. The zero-order valence-electron chi connectivity index (χ0n) is 14.9. The fourth-order valence-corrected chi connectivity index (χ4v) is 3.06. The van der Waals surface area contributed by atoms with Gasteiger partial charge in [-0.25, -0.2) is 4.79 Å². The highest BCUT2D eigenvalue weighted by atomic mass is 32.1. The van der Waals surface area contributed by atoms with Gasteiger partial charge in [0.15, 0.2) is 6.10 Å². The van der Waals surface area contributed by atoms with E-state index in [0.29, 0.717) is 5.00 Å². The highest BCUT2D eigenvalue weighted by molar-refractivity contribution is 7.14. The molecule has 0 aliphatic rings. The van der Waals surface area contributed by atoms with E-state index < -0.39 is 23.9 Å². The predicted molar refractivity (Wildman–Crippen MR) is 98.7 cm³/mol. The van der Waals surface area contributed by atoms with Crippen LogP contribution in [0, 0.1) is 13.8 Å². The Bertz CT molecular complexity index is 881. The summed E-state index contributed by atoms with van der Waals surface area (Å²) >= 11 is 1.16. The Morgan fingerprint density at radius 1 is 1.38 bits per heavy atom. The number of esters is 1. The van der Waals surface area contributed by atoms with E-state index in [9.17, 15) is 14.4 Å². The van der Waals surface area contributed by atoms with Gasteiger partial charge in [-0.3, -0.25) is 14.3 Å². The molecule has 138 valence electrons. The minimum atomic E-state index is -1.04. The molecule has 0 unspecified atom stereocenters. The number of amides is 2. The molecule has 0 aliphatic carbocycles. The second kappa shape index (κ2) is 7.96. The van der Waals surface area contributed by atoms with Crippen LogP contribution in [0.2, 0.25) is 0 Å². The second-order valence-electron chi connectivity index (χ2n) is 5.64. The highest BCUT2D eigenvalue weighted by Crippen LogP contribution is 2.23. The quantitative estimate of drug-likeness (QED) is 0.589. The first-order valence-electron chi connectivity index (χ1n) is 7.77. The van der Waals surface area contributed by atoms with Crippen molar-refractivity contribution in [3.05, 3.63) is 40.0 Å². The molecular weight excluding hydrogens is 356 g/mol. The molecule has 0 saturated carbocycles. The topological polar surface area (TPSA) is 116 Å². The van der Waals surface area contributed by atoms with Gasteiger partial charge in [-0.05, 0) is 38.3 Å². The standard InChI is InChI=1S/C17H20N4O4S/c1-9-12(10(2)21(4)20-9)5-6-14(22)25-11(3)16(24)19-17-13(15(18)23)7-8-26-17/h5-8,11H,1-4H3,(H2,18,23)(H,19,24)/b6-5+/t11-/m1/s1. The Balaban J connectivity index is 1.98. The van der Waals surface area contributed by atoms with Crippen molar-refractivity contribution in [1.82, 2.24) is 9.78 Å². The Hall–Kier alpha value is -2.94. The maximum absolute atomic E-state index is 12.1. The number of rotatable bonds is 6. The SMILES string of the molecule is Cc1nn(C)c(C)c1/C=C/C(=O)O[C@H](C)C(=O)Nc1sccc1C(N)=O. The molecule has 0 aromatic carbocycles. The van der Waals surface area contributed by atoms with Gasteiger partial charge >= 0.3 is 5.97 Å². The number of anilines is 1. The molecule has 8 nitrogen and oxygen atoms in total. The summed E-state index contributed by atoms with van der Waals surface area (Å²) < 4.78 is 6.81. The van der Waals surface area contributed by atoms with E-state index in [1.54, 1.807) is 16.1 Å². The van der Waals surface area contributed by atoms with Gasteiger partial charge < -0.3 is 15.8 Å². The largest absolute Gasteiger partial charge is 0.449 e. The molecule has 0 bridgehead atoms. The number of nitrogens with zero attached hydrogens (tertiary/aromatic N) is 2. The molecule has 2 aromatic rings. The number of primary amides is 1. The number of carbonyl (C=O) groups excluding carboxylic acids is 3. The molecule has 0 saturated heterocycles. The lowest BCUT2D eigenvalue weighted by molar-refractivity contribution is -0.148. The van der Waals surface area contributed by atoms with Gasteiger partial charge in [0.2, 0.25) is 0 Å². The summed E-state index contributed by atoms with van der Waals surface area (Å²) in [4.78, 5) is 35.4. The molecule has 2 rings (SSSR count). The number of nitrogens with one attached hydrogen (secondary N) is 1. The van der Waals surface area contributed by atoms with E-state index >= 15 is 0 Å². The number of thiophene rings is 1. The Morgan fingerprint density at radius 3 is 2.65 bits per heavy atom. The van der Waals surface area contributed by atoms with Crippen LogP contribution in [-0.4, -0.2) is 33.7 Å². The van der Waals surface area contributed by atoms with Crippen LogP contribution in [0.5, 0.6) is 0 Å². The molecular formula is C17H20N4O4S. The van der Waals surface area contributed by atoms with Crippen molar-refractivity contribution < 1.29 is 19.1 Å². The van der Waals surface area contributed by atoms with E-state index in [0.717, 1.165) is 28.3 Å². The van der Waals surface area contributed by atoms with Crippen molar-refractivity contribution in [3.63, 3.8) is 0 Å². The van der Waals surface area contributed by atoms with Crippen LogP contribution in [-0.2, 0) is 21.4 Å². The fourth-order valence-electron chi connectivity index (χ4n) is 2.26. The van der Waals surface area contributed by atoms with Crippen LogP contribution >= 0.6 is 11.3 Å². The van der Waals surface area contributed by atoms with Gasteiger partial charge in [0.25, 0.3) is 11.8 Å². The Kier molecular flexibility index (Phi) is 5.93. The molecule has 2 aromatic heterocycles. The number of aryl methyl sites for hydroxylation is 2. The van der Waals surface area contributed by atoms with Gasteiger partial charge in [0.1, 0.15) is 5.00 Å². The number of aromatic nitrogens is 2. The van der Waals surface area contributed by atoms with E-state index in [2.05, 4.69) is 10.4 Å². The number of hydrogen-bond donors (Lipinski definition) is 2. The fraction of sp³-hybridized carbons (Fsp3) is 0.294. The lowest BCUT2D eigenvalue weighted by Crippen LogP contribution is -2.29. The smallest absolute Gasteiger partial charge is 0.331 e. The molecule has 0 radical (unpaired) electrons. The zero-order valence-corrected chi connectivity index (χ0v) is 15.7. The second-order valence-corrected chi connectivity index (χ2v) is 6.55. The Labute approximate surface area is 154 Å². The van der Waals surface area contributed by atoms with Crippen molar-refractivity contribution in [3.8, 4) is 0 Å². The minimum Gasteiger partial charge on any atom is -0.449 e. The van der Waals surface area contributed by atoms with Crippen LogP contribution in [0.1, 0.15) is 34.2 Å². The first-order valence-corrected chi connectivity index (χ1v) is 8.65. The molecule has 0 spiro atoms. The Morgan fingerprint density at radius 2 is 2.08 bits per heavy atom. The third-order valence-corrected chi connectivity index (χ3v) is 4.61. The van der Waals surface area contributed by atoms with Crippen LogP contribution < -0.4 is 11.1 Å². The number of ether oxygens (including phenoxy) is 1. The molecule has 2 amide bonds. The summed E-state index contributed by atoms with van der Waals surface area (Å²) in [6.45, 7) is 5.17. The van der Waals surface area contributed by atoms with Crippen molar-refractivity contribution in [1.29, 1.82) is 0 Å². The predicted octanol–water partition coefficient (Wildman–Crippen LogP) is 1.78. The molecule has 2 heterocycles. The average Bonchev–Trinajstić information content (AvgIpc) is 3.11. The van der Waals surface area contributed by atoms with Crippen molar-refractivity contribution in [2.45, 2.75) is 26.9 Å². The van der Waals surface area contributed by atoms with Gasteiger partial charge in [-0.15, -0.1) is 11.3 Å². The first-order chi connectivity index (χ1) is 12.2.